The predicted octanol–water partition coefficient (Wildman–Crippen LogP) is 4.35. The second-order valence-electron chi connectivity index (χ2n) is 7.21. The maximum Gasteiger partial charge on any atom is 0.125 e. The lowest BCUT2D eigenvalue weighted by molar-refractivity contribution is -0.0326. The summed E-state index contributed by atoms with van der Waals surface area (Å²) < 4.78 is 6.01. The zero-order valence-corrected chi connectivity index (χ0v) is 15.2. The first kappa shape index (κ1) is 16.9. The average molecular weight is 311 g/mol. The Bertz CT molecular complexity index is 474. The Kier molecular flexibility index (Phi) is 5.11. The molecule has 0 spiro atoms. The van der Waals surface area contributed by atoms with E-state index in [1.807, 2.05) is 11.3 Å². The van der Waals surface area contributed by atoms with Gasteiger partial charge in [0.15, 0.2) is 0 Å². The molecule has 1 saturated carbocycles. The Labute approximate surface area is 133 Å². The molecule has 0 radical (unpaired) electrons. The lowest BCUT2D eigenvalue weighted by Gasteiger charge is -2.25. The SMILES string of the molecule is CCOC(C)(CC)c1nc(C(C)(C)C)c(CNC2CC2)s1. The van der Waals surface area contributed by atoms with Crippen molar-refractivity contribution in [3.63, 3.8) is 0 Å². The lowest BCUT2D eigenvalue weighted by Crippen LogP contribution is -2.25. The maximum absolute atomic E-state index is 6.01. The Morgan fingerprint density at radius 1 is 1.24 bits per heavy atom. The van der Waals surface area contributed by atoms with Crippen LogP contribution in [0.25, 0.3) is 0 Å². The fourth-order valence-corrected chi connectivity index (χ4v) is 3.84. The van der Waals surface area contributed by atoms with Crippen LogP contribution in [0.1, 0.15) is 76.4 Å². The Morgan fingerprint density at radius 2 is 1.90 bits per heavy atom. The molecule has 1 aliphatic carbocycles. The summed E-state index contributed by atoms with van der Waals surface area (Å²) in [5.41, 5.74) is 1.06. The fourth-order valence-electron chi connectivity index (χ4n) is 2.44. The lowest BCUT2D eigenvalue weighted by atomic mass is 9.91. The molecular formula is C17H30N2OS. The van der Waals surface area contributed by atoms with Crippen molar-refractivity contribution in [3.05, 3.63) is 15.6 Å². The highest BCUT2D eigenvalue weighted by Gasteiger charge is 2.33. The third kappa shape index (κ3) is 4.05. The molecule has 3 nitrogen and oxygen atoms in total. The number of aromatic nitrogens is 1. The number of hydrogen-bond donors (Lipinski definition) is 1. The summed E-state index contributed by atoms with van der Waals surface area (Å²) in [7, 11) is 0. The molecule has 0 saturated heterocycles. The molecule has 21 heavy (non-hydrogen) atoms. The van der Waals surface area contributed by atoms with Crippen LogP contribution in [0.3, 0.4) is 0 Å². The third-order valence-electron chi connectivity index (χ3n) is 4.13. The van der Waals surface area contributed by atoms with Crippen LogP contribution in [0.2, 0.25) is 0 Å². The van der Waals surface area contributed by atoms with E-state index in [-0.39, 0.29) is 11.0 Å². The van der Waals surface area contributed by atoms with Gasteiger partial charge in [0.1, 0.15) is 10.6 Å². The van der Waals surface area contributed by atoms with Crippen molar-refractivity contribution < 1.29 is 4.74 Å². The number of thiazole rings is 1. The predicted molar refractivity (Wildman–Crippen MR) is 89.9 cm³/mol. The summed E-state index contributed by atoms with van der Waals surface area (Å²) in [6.45, 7) is 14.8. The van der Waals surface area contributed by atoms with Crippen molar-refractivity contribution in [2.24, 2.45) is 0 Å². The van der Waals surface area contributed by atoms with E-state index in [0.717, 1.165) is 30.6 Å². The Hall–Kier alpha value is -0.450. The van der Waals surface area contributed by atoms with Crippen LogP contribution in [-0.4, -0.2) is 17.6 Å². The van der Waals surface area contributed by atoms with Crippen LogP contribution in [0.5, 0.6) is 0 Å². The number of nitrogens with one attached hydrogen (secondary N) is 1. The second kappa shape index (κ2) is 6.35. The van der Waals surface area contributed by atoms with Gasteiger partial charge in [-0.3, -0.25) is 0 Å². The van der Waals surface area contributed by atoms with Crippen molar-refractivity contribution in [1.29, 1.82) is 0 Å². The van der Waals surface area contributed by atoms with Gasteiger partial charge in [0.2, 0.25) is 0 Å². The molecule has 1 aromatic heterocycles. The first-order valence-electron chi connectivity index (χ1n) is 8.18. The van der Waals surface area contributed by atoms with Crippen LogP contribution < -0.4 is 5.32 Å². The molecule has 2 rings (SSSR count). The standard InChI is InChI=1S/C17H30N2OS/c1-7-17(6,20-8-2)15-19-14(16(3,4)5)13(21-15)11-18-12-9-10-12/h12,18H,7-11H2,1-6H3. The molecule has 1 unspecified atom stereocenters. The van der Waals surface area contributed by atoms with Gasteiger partial charge in [-0.2, -0.15) is 0 Å². The van der Waals surface area contributed by atoms with Crippen molar-refractivity contribution in [2.75, 3.05) is 6.61 Å². The quantitative estimate of drug-likeness (QED) is 0.813. The van der Waals surface area contributed by atoms with Gasteiger partial charge < -0.3 is 10.1 Å². The molecule has 1 atom stereocenters. The largest absolute Gasteiger partial charge is 0.368 e. The highest BCUT2D eigenvalue weighted by atomic mass is 32.1. The van der Waals surface area contributed by atoms with Gasteiger partial charge >= 0.3 is 0 Å². The highest BCUT2D eigenvalue weighted by molar-refractivity contribution is 7.11. The molecule has 4 heteroatoms. The van der Waals surface area contributed by atoms with Crippen LogP contribution in [-0.2, 0) is 22.3 Å². The fraction of sp³-hybridized carbons (Fsp3) is 0.824. The minimum absolute atomic E-state index is 0.0795. The van der Waals surface area contributed by atoms with E-state index in [0.29, 0.717) is 0 Å². The van der Waals surface area contributed by atoms with E-state index in [1.54, 1.807) is 0 Å². The summed E-state index contributed by atoms with van der Waals surface area (Å²) in [4.78, 5) is 6.37. The summed E-state index contributed by atoms with van der Waals surface area (Å²) in [6, 6.07) is 0.729. The van der Waals surface area contributed by atoms with Gasteiger partial charge in [0.05, 0.1) is 5.69 Å². The van der Waals surface area contributed by atoms with Crippen LogP contribution in [0.4, 0.5) is 0 Å². The zero-order chi connectivity index (χ0) is 15.7. The number of nitrogens with zero attached hydrogens (tertiary/aromatic N) is 1. The van der Waals surface area contributed by atoms with Gasteiger partial charge in [-0.25, -0.2) is 4.98 Å². The van der Waals surface area contributed by atoms with Gasteiger partial charge in [-0.1, -0.05) is 27.7 Å². The van der Waals surface area contributed by atoms with E-state index in [9.17, 15) is 0 Å². The molecule has 1 fully saturated rings. The van der Waals surface area contributed by atoms with Gasteiger partial charge in [0.25, 0.3) is 0 Å². The van der Waals surface area contributed by atoms with Crippen molar-refractivity contribution in [2.45, 2.75) is 84.4 Å². The number of ether oxygens (including phenoxy) is 1. The minimum Gasteiger partial charge on any atom is -0.368 e. The smallest absolute Gasteiger partial charge is 0.125 e. The van der Waals surface area contributed by atoms with Crippen molar-refractivity contribution >= 4 is 11.3 Å². The van der Waals surface area contributed by atoms with E-state index in [2.05, 4.69) is 46.9 Å². The molecule has 1 N–H and O–H groups in total. The van der Waals surface area contributed by atoms with E-state index in [1.165, 1.54) is 23.4 Å². The zero-order valence-electron chi connectivity index (χ0n) is 14.4. The second-order valence-corrected chi connectivity index (χ2v) is 8.30. The van der Waals surface area contributed by atoms with Gasteiger partial charge in [-0.15, -0.1) is 11.3 Å². The molecule has 0 aliphatic heterocycles. The molecule has 120 valence electrons. The average Bonchev–Trinajstić information content (AvgIpc) is 3.12. The van der Waals surface area contributed by atoms with E-state index >= 15 is 0 Å². The molecule has 1 heterocycles. The summed E-state index contributed by atoms with van der Waals surface area (Å²) in [5, 5.41) is 4.76. The number of hydrogen-bond acceptors (Lipinski definition) is 4. The van der Waals surface area contributed by atoms with Gasteiger partial charge in [-0.05, 0) is 33.1 Å². The normalized spacial score (nSPS) is 18.8. The summed E-state index contributed by atoms with van der Waals surface area (Å²) >= 11 is 1.83. The molecule has 0 aromatic carbocycles. The van der Waals surface area contributed by atoms with Crippen molar-refractivity contribution in [1.82, 2.24) is 10.3 Å². The van der Waals surface area contributed by atoms with Gasteiger partial charge in [0, 0.05) is 29.5 Å². The Balaban J connectivity index is 2.29. The Morgan fingerprint density at radius 3 is 2.38 bits per heavy atom. The van der Waals surface area contributed by atoms with Crippen LogP contribution >= 0.6 is 11.3 Å². The monoisotopic (exact) mass is 310 g/mol. The molecule has 0 amide bonds. The van der Waals surface area contributed by atoms with Crippen LogP contribution in [0.15, 0.2) is 0 Å². The molecule has 1 aromatic rings. The highest BCUT2D eigenvalue weighted by Crippen LogP contribution is 2.38. The van der Waals surface area contributed by atoms with E-state index in [4.69, 9.17) is 9.72 Å². The maximum atomic E-state index is 6.01. The van der Waals surface area contributed by atoms with Crippen molar-refractivity contribution in [3.8, 4) is 0 Å². The van der Waals surface area contributed by atoms with E-state index < -0.39 is 0 Å². The third-order valence-corrected chi connectivity index (χ3v) is 5.43. The summed E-state index contributed by atoms with van der Waals surface area (Å²) in [5.74, 6) is 0. The topological polar surface area (TPSA) is 34.1 Å². The number of rotatable bonds is 7. The summed E-state index contributed by atoms with van der Waals surface area (Å²) in [6.07, 6.45) is 3.59. The molecule has 0 bridgehead atoms. The molecule has 1 aliphatic rings. The van der Waals surface area contributed by atoms with Crippen LogP contribution in [0, 0.1) is 0 Å². The molecular weight excluding hydrogens is 280 g/mol. The first-order chi connectivity index (χ1) is 9.80. The minimum atomic E-state index is -0.253. The first-order valence-corrected chi connectivity index (χ1v) is 8.99.